The van der Waals surface area contributed by atoms with Gasteiger partial charge >= 0.3 is 0 Å². The summed E-state index contributed by atoms with van der Waals surface area (Å²) in [5.41, 5.74) is 4.19. The van der Waals surface area contributed by atoms with E-state index >= 15 is 0 Å². The number of benzene rings is 2. The summed E-state index contributed by atoms with van der Waals surface area (Å²) in [7, 11) is 0. The van der Waals surface area contributed by atoms with Gasteiger partial charge in [0.15, 0.2) is 0 Å². The first kappa shape index (κ1) is 17.4. The second-order valence-electron chi connectivity index (χ2n) is 6.11. The molecule has 0 spiro atoms. The van der Waals surface area contributed by atoms with Gasteiger partial charge < -0.3 is 10.6 Å². The summed E-state index contributed by atoms with van der Waals surface area (Å²) in [6.07, 6.45) is 2.88. The van der Waals surface area contributed by atoms with Gasteiger partial charge in [-0.2, -0.15) is 0 Å². The van der Waals surface area contributed by atoms with Crippen molar-refractivity contribution < 1.29 is 9.59 Å². The summed E-state index contributed by atoms with van der Waals surface area (Å²) in [6.45, 7) is 3.93. The molecule has 3 rings (SSSR count). The second kappa shape index (κ2) is 7.61. The number of anilines is 2. The molecule has 2 aromatic carbocycles. The molecule has 1 aromatic heterocycles. The van der Waals surface area contributed by atoms with Crippen LogP contribution in [0.25, 0.3) is 0 Å². The van der Waals surface area contributed by atoms with Crippen molar-refractivity contribution in [3.05, 3.63) is 89.2 Å². The third-order valence-corrected chi connectivity index (χ3v) is 3.85. The average Bonchev–Trinajstić information content (AvgIpc) is 2.64. The summed E-state index contributed by atoms with van der Waals surface area (Å²) >= 11 is 0. The molecule has 2 N–H and O–H groups in total. The topological polar surface area (TPSA) is 71.1 Å². The highest BCUT2D eigenvalue weighted by molar-refractivity contribution is 6.08. The molecular formula is C21H19N3O2. The predicted molar refractivity (Wildman–Crippen MR) is 103 cm³/mol. The molecule has 130 valence electrons. The summed E-state index contributed by atoms with van der Waals surface area (Å²) in [6, 6.07) is 16.5. The van der Waals surface area contributed by atoms with Crippen LogP contribution in [0, 0.1) is 13.8 Å². The number of aromatic nitrogens is 1. The van der Waals surface area contributed by atoms with Crippen molar-refractivity contribution in [2.75, 3.05) is 10.6 Å². The Morgan fingerprint density at radius 3 is 1.96 bits per heavy atom. The molecule has 0 bridgehead atoms. The Morgan fingerprint density at radius 2 is 1.35 bits per heavy atom. The fraction of sp³-hybridized carbons (Fsp3) is 0.0952. The number of nitrogens with zero attached hydrogens (tertiary/aromatic N) is 1. The van der Waals surface area contributed by atoms with E-state index in [1.165, 1.54) is 18.5 Å². The molecular weight excluding hydrogens is 326 g/mol. The largest absolute Gasteiger partial charge is 0.322 e. The minimum absolute atomic E-state index is 0.312. The molecule has 0 aliphatic rings. The van der Waals surface area contributed by atoms with Crippen molar-refractivity contribution in [2.45, 2.75) is 13.8 Å². The molecule has 3 aromatic rings. The molecule has 5 nitrogen and oxygen atoms in total. The van der Waals surface area contributed by atoms with Gasteiger partial charge in [-0.05, 0) is 49.7 Å². The van der Waals surface area contributed by atoms with Gasteiger partial charge in [0.05, 0.1) is 11.1 Å². The van der Waals surface area contributed by atoms with Crippen LogP contribution < -0.4 is 10.6 Å². The first-order valence-electron chi connectivity index (χ1n) is 8.22. The van der Waals surface area contributed by atoms with E-state index in [0.717, 1.165) is 11.1 Å². The number of amides is 2. The standard InChI is InChI=1S/C21H19N3O2/c1-14-6-8-18(9-7-14)23-20(25)16-11-17(13-22-12-16)21(26)24-19-5-3-4-15(2)10-19/h3-13H,1-2H3,(H,23,25)(H,24,26). The number of aryl methyl sites for hydroxylation is 2. The maximum Gasteiger partial charge on any atom is 0.257 e. The lowest BCUT2D eigenvalue weighted by Crippen LogP contribution is -2.16. The molecule has 0 atom stereocenters. The third-order valence-electron chi connectivity index (χ3n) is 3.85. The van der Waals surface area contributed by atoms with Crippen molar-refractivity contribution >= 4 is 23.2 Å². The number of rotatable bonds is 4. The summed E-state index contributed by atoms with van der Waals surface area (Å²) in [5, 5.41) is 5.61. The van der Waals surface area contributed by atoms with Crippen molar-refractivity contribution in [2.24, 2.45) is 0 Å². The summed E-state index contributed by atoms with van der Waals surface area (Å²) in [4.78, 5) is 28.8. The van der Waals surface area contributed by atoms with Gasteiger partial charge in [-0.1, -0.05) is 29.8 Å². The first-order valence-corrected chi connectivity index (χ1v) is 8.22. The monoisotopic (exact) mass is 345 g/mol. The van der Waals surface area contributed by atoms with Gasteiger partial charge in [0.2, 0.25) is 0 Å². The molecule has 5 heteroatoms. The van der Waals surface area contributed by atoms with Crippen LogP contribution in [0.3, 0.4) is 0 Å². The maximum absolute atomic E-state index is 12.4. The fourth-order valence-corrected chi connectivity index (χ4v) is 2.45. The molecule has 0 fully saturated rings. The molecule has 0 radical (unpaired) electrons. The number of carbonyl (C=O) groups is 2. The van der Waals surface area contributed by atoms with Crippen LogP contribution >= 0.6 is 0 Å². The molecule has 0 aliphatic carbocycles. The van der Waals surface area contributed by atoms with Crippen LogP contribution in [0.5, 0.6) is 0 Å². The van der Waals surface area contributed by atoms with E-state index in [4.69, 9.17) is 0 Å². The highest BCUT2D eigenvalue weighted by Crippen LogP contribution is 2.14. The molecule has 0 saturated carbocycles. The van der Waals surface area contributed by atoms with E-state index in [0.29, 0.717) is 22.5 Å². The van der Waals surface area contributed by atoms with Gasteiger partial charge in [0.1, 0.15) is 0 Å². The lowest BCUT2D eigenvalue weighted by molar-refractivity contribution is 0.102. The number of nitrogens with one attached hydrogen (secondary N) is 2. The van der Waals surface area contributed by atoms with Crippen LogP contribution in [-0.2, 0) is 0 Å². The highest BCUT2D eigenvalue weighted by Gasteiger charge is 2.12. The zero-order valence-electron chi connectivity index (χ0n) is 14.6. The van der Waals surface area contributed by atoms with Crippen LogP contribution in [0.2, 0.25) is 0 Å². The molecule has 26 heavy (non-hydrogen) atoms. The quantitative estimate of drug-likeness (QED) is 0.744. The third kappa shape index (κ3) is 4.33. The lowest BCUT2D eigenvalue weighted by atomic mass is 10.1. The fourth-order valence-electron chi connectivity index (χ4n) is 2.45. The minimum Gasteiger partial charge on any atom is -0.322 e. The van der Waals surface area contributed by atoms with Gasteiger partial charge in [-0.25, -0.2) is 0 Å². The summed E-state index contributed by atoms with van der Waals surface area (Å²) in [5.74, 6) is -0.625. The zero-order valence-corrected chi connectivity index (χ0v) is 14.6. The first-order chi connectivity index (χ1) is 12.5. The predicted octanol–water partition coefficient (Wildman–Crippen LogP) is 4.20. The number of pyridine rings is 1. The Labute approximate surface area is 152 Å². The molecule has 0 unspecified atom stereocenters. The van der Waals surface area contributed by atoms with E-state index < -0.39 is 0 Å². The van der Waals surface area contributed by atoms with E-state index in [9.17, 15) is 9.59 Å². The number of carbonyl (C=O) groups excluding carboxylic acids is 2. The van der Waals surface area contributed by atoms with Gasteiger partial charge in [-0.3, -0.25) is 14.6 Å². The smallest absolute Gasteiger partial charge is 0.257 e. The zero-order chi connectivity index (χ0) is 18.5. The van der Waals surface area contributed by atoms with Crippen LogP contribution in [0.4, 0.5) is 11.4 Å². The molecule has 1 heterocycles. The summed E-state index contributed by atoms with van der Waals surface area (Å²) < 4.78 is 0. The van der Waals surface area contributed by atoms with E-state index in [-0.39, 0.29) is 11.8 Å². The molecule has 2 amide bonds. The number of hydrogen-bond acceptors (Lipinski definition) is 3. The minimum atomic E-state index is -0.313. The normalized spacial score (nSPS) is 10.2. The molecule has 0 aliphatic heterocycles. The van der Waals surface area contributed by atoms with Crippen molar-refractivity contribution in [1.29, 1.82) is 0 Å². The Kier molecular flexibility index (Phi) is 5.08. The Hall–Kier alpha value is -3.47. The van der Waals surface area contributed by atoms with Crippen molar-refractivity contribution in [1.82, 2.24) is 4.98 Å². The molecule has 0 saturated heterocycles. The van der Waals surface area contributed by atoms with E-state index in [1.54, 1.807) is 0 Å². The van der Waals surface area contributed by atoms with E-state index in [2.05, 4.69) is 15.6 Å². The average molecular weight is 345 g/mol. The lowest BCUT2D eigenvalue weighted by Gasteiger charge is -2.08. The number of hydrogen-bond donors (Lipinski definition) is 2. The Morgan fingerprint density at radius 1 is 0.731 bits per heavy atom. The van der Waals surface area contributed by atoms with Gasteiger partial charge in [0.25, 0.3) is 11.8 Å². The van der Waals surface area contributed by atoms with Crippen molar-refractivity contribution in [3.8, 4) is 0 Å². The van der Waals surface area contributed by atoms with Crippen LogP contribution in [-0.4, -0.2) is 16.8 Å². The van der Waals surface area contributed by atoms with E-state index in [1.807, 2.05) is 62.4 Å². The Balaban J connectivity index is 1.73. The van der Waals surface area contributed by atoms with Gasteiger partial charge in [0, 0.05) is 23.8 Å². The SMILES string of the molecule is Cc1ccc(NC(=O)c2cncc(C(=O)Nc3cccc(C)c3)c2)cc1. The maximum atomic E-state index is 12.4. The second-order valence-corrected chi connectivity index (χ2v) is 6.11. The van der Waals surface area contributed by atoms with Gasteiger partial charge in [-0.15, -0.1) is 0 Å². The Bertz CT molecular complexity index is 949. The van der Waals surface area contributed by atoms with Crippen LogP contribution in [0.15, 0.2) is 67.0 Å². The van der Waals surface area contributed by atoms with Crippen molar-refractivity contribution in [3.63, 3.8) is 0 Å². The highest BCUT2D eigenvalue weighted by atomic mass is 16.2. The van der Waals surface area contributed by atoms with Crippen LogP contribution in [0.1, 0.15) is 31.8 Å².